The van der Waals surface area contributed by atoms with Crippen LogP contribution in [0.3, 0.4) is 0 Å². The van der Waals surface area contributed by atoms with E-state index < -0.39 is 0 Å². The monoisotopic (exact) mass is 388 g/mol. The molecular formula is C20H15Cl2FN2O. The third-order valence-corrected chi connectivity index (χ3v) is 4.13. The molecule has 0 amide bonds. The zero-order valence-corrected chi connectivity index (χ0v) is 15.1. The van der Waals surface area contributed by atoms with E-state index in [0.717, 1.165) is 5.69 Å². The highest BCUT2D eigenvalue weighted by molar-refractivity contribution is 6.31. The second-order valence-electron chi connectivity index (χ2n) is 5.44. The zero-order valence-electron chi connectivity index (χ0n) is 13.6. The van der Waals surface area contributed by atoms with Crippen molar-refractivity contribution in [2.24, 2.45) is 5.10 Å². The van der Waals surface area contributed by atoms with Crippen LogP contribution in [0.5, 0.6) is 5.75 Å². The highest BCUT2D eigenvalue weighted by atomic mass is 35.5. The highest BCUT2D eigenvalue weighted by Crippen LogP contribution is 2.24. The van der Waals surface area contributed by atoms with E-state index in [1.165, 1.54) is 12.1 Å². The van der Waals surface area contributed by atoms with Crippen molar-refractivity contribution < 1.29 is 9.13 Å². The van der Waals surface area contributed by atoms with Crippen molar-refractivity contribution in [2.75, 3.05) is 5.43 Å². The summed E-state index contributed by atoms with van der Waals surface area (Å²) in [4.78, 5) is 0. The Labute approximate surface area is 161 Å². The molecule has 0 saturated heterocycles. The maximum absolute atomic E-state index is 13.1. The predicted molar refractivity (Wildman–Crippen MR) is 105 cm³/mol. The maximum atomic E-state index is 13.1. The fourth-order valence-electron chi connectivity index (χ4n) is 2.23. The van der Waals surface area contributed by atoms with Crippen molar-refractivity contribution in [3.05, 3.63) is 93.7 Å². The van der Waals surface area contributed by atoms with E-state index in [1.54, 1.807) is 30.5 Å². The lowest BCUT2D eigenvalue weighted by molar-refractivity contribution is 0.305. The van der Waals surface area contributed by atoms with Gasteiger partial charge in [0.05, 0.1) is 16.9 Å². The summed E-state index contributed by atoms with van der Waals surface area (Å²) < 4.78 is 19.0. The molecule has 3 nitrogen and oxygen atoms in total. The number of rotatable bonds is 6. The summed E-state index contributed by atoms with van der Waals surface area (Å²) in [5, 5.41) is 5.10. The van der Waals surface area contributed by atoms with Crippen LogP contribution in [0.2, 0.25) is 10.0 Å². The quantitative estimate of drug-likeness (QED) is 0.405. The summed E-state index contributed by atoms with van der Waals surface area (Å²) in [6, 6.07) is 19.0. The van der Waals surface area contributed by atoms with E-state index in [2.05, 4.69) is 10.5 Å². The second-order valence-corrected chi connectivity index (χ2v) is 6.29. The number of anilines is 1. The molecule has 0 radical (unpaired) electrons. The Kier molecular flexibility index (Phi) is 6.10. The van der Waals surface area contributed by atoms with Crippen LogP contribution in [0, 0.1) is 5.82 Å². The molecule has 0 spiro atoms. The molecule has 132 valence electrons. The van der Waals surface area contributed by atoms with Gasteiger partial charge in [0, 0.05) is 16.1 Å². The molecule has 3 rings (SSSR count). The molecule has 3 aromatic carbocycles. The minimum absolute atomic E-state index is 0.202. The first kappa shape index (κ1) is 18.2. The summed E-state index contributed by atoms with van der Waals surface area (Å²) in [7, 11) is 0. The Morgan fingerprint density at radius 2 is 1.81 bits per heavy atom. The topological polar surface area (TPSA) is 33.6 Å². The first-order valence-electron chi connectivity index (χ1n) is 7.82. The molecule has 1 N–H and O–H groups in total. The number of nitrogens with zero attached hydrogens (tertiary/aromatic N) is 1. The van der Waals surface area contributed by atoms with Gasteiger partial charge in [-0.05, 0) is 42.5 Å². The number of halogens is 3. The van der Waals surface area contributed by atoms with Crippen LogP contribution in [0.4, 0.5) is 10.1 Å². The average Bonchev–Trinajstić information content (AvgIpc) is 2.63. The minimum Gasteiger partial charge on any atom is -0.488 e. The Morgan fingerprint density at radius 3 is 2.58 bits per heavy atom. The van der Waals surface area contributed by atoms with Crippen LogP contribution in [-0.4, -0.2) is 6.21 Å². The molecule has 0 aliphatic carbocycles. The lowest BCUT2D eigenvalue weighted by Crippen LogP contribution is -2.00. The molecular weight excluding hydrogens is 374 g/mol. The van der Waals surface area contributed by atoms with Gasteiger partial charge < -0.3 is 4.74 Å². The lowest BCUT2D eigenvalue weighted by Gasteiger charge is -2.11. The zero-order chi connectivity index (χ0) is 18.4. The first-order valence-corrected chi connectivity index (χ1v) is 8.58. The van der Waals surface area contributed by atoms with Crippen LogP contribution in [0.25, 0.3) is 0 Å². The van der Waals surface area contributed by atoms with Crippen molar-refractivity contribution in [2.45, 2.75) is 6.61 Å². The van der Waals surface area contributed by atoms with Gasteiger partial charge in [0.1, 0.15) is 18.2 Å². The molecule has 0 heterocycles. The maximum Gasteiger partial charge on any atom is 0.128 e. The first-order chi connectivity index (χ1) is 12.6. The number of hydrazone groups is 1. The van der Waals surface area contributed by atoms with Crippen LogP contribution in [0.1, 0.15) is 11.1 Å². The number of hydrogen-bond acceptors (Lipinski definition) is 3. The summed E-state index contributed by atoms with van der Waals surface area (Å²) in [6.45, 7) is 0.202. The van der Waals surface area contributed by atoms with Crippen LogP contribution < -0.4 is 10.2 Å². The van der Waals surface area contributed by atoms with E-state index >= 15 is 0 Å². The molecule has 6 heteroatoms. The van der Waals surface area contributed by atoms with Gasteiger partial charge in [-0.2, -0.15) is 5.10 Å². The van der Waals surface area contributed by atoms with E-state index in [-0.39, 0.29) is 12.4 Å². The van der Waals surface area contributed by atoms with Crippen molar-refractivity contribution >= 4 is 35.1 Å². The van der Waals surface area contributed by atoms with Crippen molar-refractivity contribution in [3.8, 4) is 5.75 Å². The number of ether oxygens (including phenoxy) is 1. The normalized spacial score (nSPS) is 10.9. The third-order valence-electron chi connectivity index (χ3n) is 3.54. The van der Waals surface area contributed by atoms with Gasteiger partial charge in [0.2, 0.25) is 0 Å². The fraction of sp³-hybridized carbons (Fsp3) is 0.0500. The Hall–Kier alpha value is -2.56. The van der Waals surface area contributed by atoms with Gasteiger partial charge in [-0.15, -0.1) is 0 Å². The number of benzene rings is 3. The molecule has 0 aliphatic rings. The van der Waals surface area contributed by atoms with Crippen LogP contribution in [0.15, 0.2) is 71.8 Å². The fourth-order valence-corrected chi connectivity index (χ4v) is 2.64. The summed E-state index contributed by atoms with van der Waals surface area (Å²) in [5.41, 5.74) is 5.20. The van der Waals surface area contributed by atoms with Gasteiger partial charge >= 0.3 is 0 Å². The number of hydrogen-bond donors (Lipinski definition) is 1. The minimum atomic E-state index is -0.384. The largest absolute Gasteiger partial charge is 0.488 e. The molecule has 0 aliphatic heterocycles. The van der Waals surface area contributed by atoms with Gasteiger partial charge in [-0.25, -0.2) is 4.39 Å². The SMILES string of the molecule is Fc1ccc(COc2ccc(Cl)cc2C=NNc2ccccc2)c(Cl)c1. The second kappa shape index (κ2) is 8.70. The van der Waals surface area contributed by atoms with Gasteiger partial charge in [-0.3, -0.25) is 5.43 Å². The molecule has 0 aromatic heterocycles. The number of nitrogens with one attached hydrogen (secondary N) is 1. The van der Waals surface area contributed by atoms with E-state index in [4.69, 9.17) is 27.9 Å². The van der Waals surface area contributed by atoms with E-state index in [0.29, 0.717) is 26.9 Å². The predicted octanol–water partition coefficient (Wildman–Crippen LogP) is 6.16. The molecule has 3 aromatic rings. The van der Waals surface area contributed by atoms with Gasteiger partial charge in [-0.1, -0.05) is 47.5 Å². The summed E-state index contributed by atoms with van der Waals surface area (Å²) >= 11 is 12.1. The van der Waals surface area contributed by atoms with Gasteiger partial charge in [0.15, 0.2) is 0 Å². The molecule has 0 unspecified atom stereocenters. The Morgan fingerprint density at radius 1 is 1.00 bits per heavy atom. The van der Waals surface area contributed by atoms with Crippen molar-refractivity contribution in [3.63, 3.8) is 0 Å². The third kappa shape index (κ3) is 4.97. The molecule has 0 atom stereocenters. The van der Waals surface area contributed by atoms with Gasteiger partial charge in [0.25, 0.3) is 0 Å². The van der Waals surface area contributed by atoms with Crippen molar-refractivity contribution in [1.29, 1.82) is 0 Å². The average molecular weight is 389 g/mol. The summed E-state index contributed by atoms with van der Waals surface area (Å²) in [6.07, 6.45) is 1.63. The van der Waals surface area contributed by atoms with Crippen LogP contribution >= 0.6 is 23.2 Å². The Balaban J connectivity index is 1.73. The van der Waals surface area contributed by atoms with Crippen LogP contribution in [-0.2, 0) is 6.61 Å². The molecule has 0 bridgehead atoms. The number of para-hydroxylation sites is 1. The van der Waals surface area contributed by atoms with E-state index in [9.17, 15) is 4.39 Å². The highest BCUT2D eigenvalue weighted by Gasteiger charge is 2.07. The summed E-state index contributed by atoms with van der Waals surface area (Å²) in [5.74, 6) is 0.207. The standard InChI is InChI=1S/C20H15Cl2FN2O/c21-16-7-9-20(26-13-14-6-8-17(23)11-19(14)22)15(10-16)12-24-25-18-4-2-1-3-5-18/h1-12,25H,13H2. The molecule has 0 saturated carbocycles. The van der Waals surface area contributed by atoms with Crippen molar-refractivity contribution in [1.82, 2.24) is 0 Å². The molecule has 0 fully saturated rings. The molecule has 26 heavy (non-hydrogen) atoms. The van der Waals surface area contributed by atoms with E-state index in [1.807, 2.05) is 30.3 Å². The Bertz CT molecular complexity index is 917. The smallest absolute Gasteiger partial charge is 0.128 e. The lowest BCUT2D eigenvalue weighted by atomic mass is 10.2.